The first-order chi connectivity index (χ1) is 11.8. The first-order valence-electron chi connectivity index (χ1n) is 9.15. The van der Waals surface area contributed by atoms with Gasteiger partial charge in [-0.2, -0.15) is 0 Å². The molecule has 0 radical (unpaired) electrons. The van der Waals surface area contributed by atoms with Crippen LogP contribution < -0.4 is 5.32 Å². The standard InChI is InChI=1S/C22H25NO/c24-20(22(15-8-16-22)19-11-5-2-6-12-19)23-17-21(13-7-14-21)18-9-3-1-4-10-18/h1-6,9-12H,7-8,13-17H2,(H,23,24). The van der Waals surface area contributed by atoms with E-state index in [0.717, 1.165) is 25.8 Å². The molecule has 2 heteroatoms. The minimum atomic E-state index is -0.289. The summed E-state index contributed by atoms with van der Waals surface area (Å²) in [7, 11) is 0. The van der Waals surface area contributed by atoms with E-state index in [4.69, 9.17) is 0 Å². The summed E-state index contributed by atoms with van der Waals surface area (Å²) in [5.74, 6) is 0.224. The number of carbonyl (C=O) groups is 1. The molecular weight excluding hydrogens is 294 g/mol. The molecule has 2 aliphatic rings. The largest absolute Gasteiger partial charge is 0.354 e. The van der Waals surface area contributed by atoms with Gasteiger partial charge in [-0.05, 0) is 36.8 Å². The molecule has 2 aromatic rings. The Hall–Kier alpha value is -2.09. The van der Waals surface area contributed by atoms with Crippen LogP contribution in [0.3, 0.4) is 0 Å². The number of nitrogens with one attached hydrogen (secondary N) is 1. The molecule has 124 valence electrons. The quantitative estimate of drug-likeness (QED) is 0.872. The minimum Gasteiger partial charge on any atom is -0.354 e. The Labute approximate surface area is 144 Å². The molecule has 0 heterocycles. The summed E-state index contributed by atoms with van der Waals surface area (Å²) in [5.41, 5.74) is 2.41. The molecule has 2 saturated carbocycles. The molecule has 2 nitrogen and oxygen atoms in total. The third-order valence-electron chi connectivity index (χ3n) is 6.25. The molecule has 1 N–H and O–H groups in total. The van der Waals surface area contributed by atoms with Crippen molar-refractivity contribution in [2.24, 2.45) is 0 Å². The van der Waals surface area contributed by atoms with E-state index >= 15 is 0 Å². The first kappa shape index (κ1) is 15.4. The van der Waals surface area contributed by atoms with Crippen LogP contribution >= 0.6 is 0 Å². The smallest absolute Gasteiger partial charge is 0.230 e. The number of amides is 1. The molecule has 4 rings (SSSR count). The second kappa shape index (κ2) is 6.08. The van der Waals surface area contributed by atoms with Gasteiger partial charge in [0.25, 0.3) is 0 Å². The summed E-state index contributed by atoms with van der Waals surface area (Å²) >= 11 is 0. The van der Waals surface area contributed by atoms with Crippen molar-refractivity contribution in [2.45, 2.75) is 49.4 Å². The van der Waals surface area contributed by atoms with Gasteiger partial charge in [0.05, 0.1) is 5.41 Å². The van der Waals surface area contributed by atoms with E-state index in [2.05, 4.69) is 47.8 Å². The van der Waals surface area contributed by atoms with Gasteiger partial charge in [0.2, 0.25) is 5.91 Å². The van der Waals surface area contributed by atoms with Gasteiger partial charge in [0.15, 0.2) is 0 Å². The van der Waals surface area contributed by atoms with Gasteiger partial charge < -0.3 is 5.32 Å². The summed E-state index contributed by atoms with van der Waals surface area (Å²) < 4.78 is 0. The lowest BCUT2D eigenvalue weighted by atomic mass is 9.62. The maximum absolute atomic E-state index is 13.1. The molecule has 0 saturated heterocycles. The number of hydrogen-bond acceptors (Lipinski definition) is 1. The van der Waals surface area contributed by atoms with Crippen LogP contribution in [0.5, 0.6) is 0 Å². The highest BCUT2D eigenvalue weighted by atomic mass is 16.2. The van der Waals surface area contributed by atoms with E-state index in [1.54, 1.807) is 0 Å². The lowest BCUT2D eigenvalue weighted by molar-refractivity contribution is -0.130. The predicted octanol–water partition coefficient (Wildman–Crippen LogP) is 4.35. The molecule has 1 amide bonds. The molecule has 0 aliphatic heterocycles. The van der Waals surface area contributed by atoms with Crippen molar-refractivity contribution in [3.63, 3.8) is 0 Å². The zero-order valence-electron chi connectivity index (χ0n) is 14.1. The Morgan fingerprint density at radius 1 is 0.792 bits per heavy atom. The van der Waals surface area contributed by atoms with E-state index < -0.39 is 0 Å². The monoisotopic (exact) mass is 319 g/mol. The van der Waals surface area contributed by atoms with Crippen LogP contribution in [0.15, 0.2) is 60.7 Å². The molecule has 2 fully saturated rings. The lowest BCUT2D eigenvalue weighted by Gasteiger charge is -2.45. The maximum atomic E-state index is 13.1. The van der Waals surface area contributed by atoms with Gasteiger partial charge in [-0.3, -0.25) is 4.79 Å². The van der Waals surface area contributed by atoms with Crippen molar-refractivity contribution < 1.29 is 4.79 Å². The van der Waals surface area contributed by atoms with E-state index in [-0.39, 0.29) is 16.7 Å². The zero-order valence-corrected chi connectivity index (χ0v) is 14.1. The Morgan fingerprint density at radius 3 is 1.79 bits per heavy atom. The molecule has 0 bridgehead atoms. The third kappa shape index (κ3) is 2.45. The van der Waals surface area contributed by atoms with Gasteiger partial charge in [-0.25, -0.2) is 0 Å². The van der Waals surface area contributed by atoms with Crippen molar-refractivity contribution in [1.29, 1.82) is 0 Å². The zero-order chi connectivity index (χ0) is 16.5. The fourth-order valence-corrected chi connectivity index (χ4v) is 4.32. The van der Waals surface area contributed by atoms with Crippen LogP contribution in [0.1, 0.15) is 49.7 Å². The van der Waals surface area contributed by atoms with Gasteiger partial charge in [0, 0.05) is 12.0 Å². The lowest BCUT2D eigenvalue weighted by Crippen LogP contribution is -2.53. The van der Waals surface area contributed by atoms with E-state index in [9.17, 15) is 4.79 Å². The highest BCUT2D eigenvalue weighted by molar-refractivity contribution is 5.89. The number of carbonyl (C=O) groups excluding carboxylic acids is 1. The summed E-state index contributed by atoms with van der Waals surface area (Å²) in [6.07, 6.45) is 6.70. The maximum Gasteiger partial charge on any atom is 0.230 e. The average Bonchev–Trinajstić information content (AvgIpc) is 2.55. The molecule has 0 spiro atoms. The Kier molecular flexibility index (Phi) is 3.91. The summed E-state index contributed by atoms with van der Waals surface area (Å²) in [4.78, 5) is 13.1. The fraction of sp³-hybridized carbons (Fsp3) is 0.409. The van der Waals surface area contributed by atoms with Gasteiger partial charge in [-0.15, -0.1) is 0 Å². The number of benzene rings is 2. The Morgan fingerprint density at radius 2 is 1.33 bits per heavy atom. The predicted molar refractivity (Wildman–Crippen MR) is 97.0 cm³/mol. The van der Waals surface area contributed by atoms with Gasteiger partial charge in [-0.1, -0.05) is 73.5 Å². The van der Waals surface area contributed by atoms with E-state index in [0.29, 0.717) is 0 Å². The van der Waals surface area contributed by atoms with Crippen LogP contribution in [0, 0.1) is 0 Å². The molecule has 0 unspecified atom stereocenters. The van der Waals surface area contributed by atoms with Crippen molar-refractivity contribution >= 4 is 5.91 Å². The fourth-order valence-electron chi connectivity index (χ4n) is 4.32. The van der Waals surface area contributed by atoms with Crippen molar-refractivity contribution in [1.82, 2.24) is 5.32 Å². The van der Waals surface area contributed by atoms with E-state index in [1.165, 1.54) is 30.4 Å². The van der Waals surface area contributed by atoms with E-state index in [1.807, 2.05) is 18.2 Å². The van der Waals surface area contributed by atoms with Crippen LogP contribution in [0.4, 0.5) is 0 Å². The molecule has 0 aromatic heterocycles. The second-order valence-corrected chi connectivity index (χ2v) is 7.48. The van der Waals surface area contributed by atoms with Crippen molar-refractivity contribution in [3.05, 3.63) is 71.8 Å². The number of rotatable bonds is 5. The minimum absolute atomic E-state index is 0.151. The summed E-state index contributed by atoms with van der Waals surface area (Å²) in [6, 6.07) is 21.0. The second-order valence-electron chi connectivity index (χ2n) is 7.48. The summed E-state index contributed by atoms with van der Waals surface area (Å²) in [6.45, 7) is 0.768. The summed E-state index contributed by atoms with van der Waals surface area (Å²) in [5, 5.41) is 3.33. The average molecular weight is 319 g/mol. The van der Waals surface area contributed by atoms with Crippen molar-refractivity contribution in [2.75, 3.05) is 6.54 Å². The van der Waals surface area contributed by atoms with Crippen LogP contribution in [-0.4, -0.2) is 12.5 Å². The topological polar surface area (TPSA) is 29.1 Å². The first-order valence-corrected chi connectivity index (χ1v) is 9.15. The molecular formula is C22H25NO. The van der Waals surface area contributed by atoms with Crippen molar-refractivity contribution in [3.8, 4) is 0 Å². The van der Waals surface area contributed by atoms with Crippen LogP contribution in [-0.2, 0) is 15.6 Å². The molecule has 2 aliphatic carbocycles. The normalized spacial score (nSPS) is 20.5. The molecule has 0 atom stereocenters. The molecule has 2 aromatic carbocycles. The highest BCUT2D eigenvalue weighted by Gasteiger charge is 2.47. The Balaban J connectivity index is 1.50. The van der Waals surface area contributed by atoms with Crippen LogP contribution in [0.2, 0.25) is 0 Å². The number of hydrogen-bond donors (Lipinski definition) is 1. The van der Waals surface area contributed by atoms with Gasteiger partial charge in [0.1, 0.15) is 0 Å². The molecule has 24 heavy (non-hydrogen) atoms. The van der Waals surface area contributed by atoms with Gasteiger partial charge >= 0.3 is 0 Å². The third-order valence-corrected chi connectivity index (χ3v) is 6.25. The SMILES string of the molecule is O=C(NCC1(c2ccccc2)CCC1)C1(c2ccccc2)CCC1. The highest BCUT2D eigenvalue weighted by Crippen LogP contribution is 2.46. The van der Waals surface area contributed by atoms with Crippen LogP contribution in [0.25, 0.3) is 0 Å². The Bertz CT molecular complexity index is 699.